The summed E-state index contributed by atoms with van der Waals surface area (Å²) >= 11 is 18.5. The molecule has 12 heteroatoms. The smallest absolute Gasteiger partial charge is 0.329 e. The maximum atomic E-state index is 12.9. The molecule has 1 heterocycles. The van der Waals surface area contributed by atoms with Crippen molar-refractivity contribution in [1.29, 1.82) is 0 Å². The summed E-state index contributed by atoms with van der Waals surface area (Å²) in [6, 6.07) is 14.3. The lowest BCUT2D eigenvalue weighted by Crippen LogP contribution is -2.38. The Bertz CT molecular complexity index is 1480. The summed E-state index contributed by atoms with van der Waals surface area (Å²) in [5.74, 6) is -0.218. The quantitative estimate of drug-likeness (QED) is 0.242. The summed E-state index contributed by atoms with van der Waals surface area (Å²) < 4.78 is 16.5. The van der Waals surface area contributed by atoms with Gasteiger partial charge in [-0.15, -0.1) is 0 Å². The first-order valence-corrected chi connectivity index (χ1v) is 12.5. The van der Waals surface area contributed by atoms with E-state index in [1.165, 1.54) is 20.3 Å². The molecule has 1 saturated heterocycles. The number of para-hydroxylation sites is 2. The Morgan fingerprint density at radius 3 is 2.41 bits per heavy atom. The maximum absolute atomic E-state index is 12.9. The number of nitrogens with zero attached hydrogens (tertiary/aromatic N) is 1. The minimum atomic E-state index is -0.735. The normalized spacial score (nSPS) is 13.9. The van der Waals surface area contributed by atoms with Crippen LogP contribution in [0, 0.1) is 0 Å². The number of carbonyl (C=O) groups excluding carboxylic acids is 3. The number of halogens is 3. The summed E-state index contributed by atoms with van der Waals surface area (Å²) in [6.07, 6.45) is 1.43. The van der Waals surface area contributed by atoms with E-state index in [0.717, 1.165) is 10.5 Å². The van der Waals surface area contributed by atoms with Crippen LogP contribution in [0.4, 0.5) is 10.5 Å². The number of carbonyl (C=O) groups is 3. The maximum Gasteiger partial charge on any atom is 0.329 e. The summed E-state index contributed by atoms with van der Waals surface area (Å²) in [6.45, 7) is -0.348. The first-order chi connectivity index (χ1) is 18.7. The summed E-state index contributed by atoms with van der Waals surface area (Å²) in [4.78, 5) is 38.7. The number of rotatable bonds is 9. The summed E-state index contributed by atoms with van der Waals surface area (Å²) in [5.41, 5.74) is 1.61. The lowest BCUT2D eigenvalue weighted by atomic mass is 10.1. The number of nitrogens with one attached hydrogen (secondary N) is 2. The van der Waals surface area contributed by atoms with E-state index >= 15 is 0 Å². The van der Waals surface area contributed by atoms with E-state index in [4.69, 9.17) is 49.0 Å². The van der Waals surface area contributed by atoms with Gasteiger partial charge in [0.05, 0.1) is 35.0 Å². The average Bonchev–Trinajstić information content (AvgIpc) is 3.17. The van der Waals surface area contributed by atoms with Gasteiger partial charge in [-0.2, -0.15) is 0 Å². The first-order valence-electron chi connectivity index (χ1n) is 11.4. The van der Waals surface area contributed by atoms with E-state index in [1.54, 1.807) is 54.6 Å². The van der Waals surface area contributed by atoms with Crippen LogP contribution in [-0.2, 0) is 16.2 Å². The molecule has 2 N–H and O–H groups in total. The fourth-order valence-corrected chi connectivity index (χ4v) is 4.31. The van der Waals surface area contributed by atoms with Gasteiger partial charge in [0.15, 0.2) is 11.5 Å². The highest BCUT2D eigenvalue weighted by molar-refractivity contribution is 6.42. The molecule has 0 spiro atoms. The van der Waals surface area contributed by atoms with Gasteiger partial charge in [-0.05, 0) is 53.6 Å². The molecule has 202 valence electrons. The summed E-state index contributed by atoms with van der Waals surface area (Å²) in [5, 5.41) is 6.15. The van der Waals surface area contributed by atoms with Gasteiger partial charge in [0, 0.05) is 0 Å². The topological polar surface area (TPSA) is 106 Å². The van der Waals surface area contributed by atoms with Crippen molar-refractivity contribution >= 4 is 64.4 Å². The van der Waals surface area contributed by atoms with Gasteiger partial charge in [0.2, 0.25) is 5.91 Å². The van der Waals surface area contributed by atoms with Crippen molar-refractivity contribution in [2.45, 2.75) is 6.61 Å². The molecule has 0 radical (unpaired) electrons. The number of hydrogen-bond acceptors (Lipinski definition) is 6. The van der Waals surface area contributed by atoms with E-state index in [-0.39, 0.29) is 23.1 Å². The van der Waals surface area contributed by atoms with E-state index in [9.17, 15) is 14.4 Å². The van der Waals surface area contributed by atoms with Crippen LogP contribution in [0.2, 0.25) is 15.1 Å². The molecule has 39 heavy (non-hydrogen) atoms. The van der Waals surface area contributed by atoms with Crippen LogP contribution in [0.1, 0.15) is 11.1 Å². The Morgan fingerprint density at radius 2 is 1.69 bits per heavy atom. The molecule has 1 aliphatic heterocycles. The Labute approximate surface area is 239 Å². The molecule has 0 atom stereocenters. The minimum Gasteiger partial charge on any atom is -0.495 e. The van der Waals surface area contributed by atoms with Crippen molar-refractivity contribution in [2.24, 2.45) is 0 Å². The number of urea groups is 1. The van der Waals surface area contributed by atoms with Gasteiger partial charge >= 0.3 is 6.03 Å². The number of benzene rings is 3. The molecule has 0 aliphatic carbocycles. The predicted octanol–water partition coefficient (Wildman–Crippen LogP) is 5.77. The van der Waals surface area contributed by atoms with Gasteiger partial charge in [0.25, 0.3) is 5.91 Å². The zero-order valence-corrected chi connectivity index (χ0v) is 23.0. The zero-order valence-electron chi connectivity index (χ0n) is 20.7. The van der Waals surface area contributed by atoms with E-state index in [1.807, 2.05) is 0 Å². The van der Waals surface area contributed by atoms with Crippen molar-refractivity contribution in [3.63, 3.8) is 0 Å². The molecule has 0 aromatic heterocycles. The lowest BCUT2D eigenvalue weighted by Gasteiger charge is -2.14. The monoisotopic (exact) mass is 589 g/mol. The number of imide groups is 1. The number of amides is 4. The van der Waals surface area contributed by atoms with E-state index in [2.05, 4.69) is 10.6 Å². The third-order valence-electron chi connectivity index (χ3n) is 5.58. The van der Waals surface area contributed by atoms with Crippen molar-refractivity contribution in [2.75, 3.05) is 26.1 Å². The number of anilines is 1. The largest absolute Gasteiger partial charge is 0.495 e. The molecule has 1 fully saturated rings. The predicted molar refractivity (Wildman–Crippen MR) is 149 cm³/mol. The fourth-order valence-electron chi connectivity index (χ4n) is 3.71. The molecule has 4 amide bonds. The molecule has 9 nitrogen and oxygen atoms in total. The van der Waals surface area contributed by atoms with Crippen LogP contribution in [0.5, 0.6) is 17.2 Å². The van der Waals surface area contributed by atoms with Gasteiger partial charge in [-0.25, -0.2) is 9.69 Å². The lowest BCUT2D eigenvalue weighted by molar-refractivity contribution is -0.127. The second kappa shape index (κ2) is 12.3. The Kier molecular flexibility index (Phi) is 8.86. The molecular weight excluding hydrogens is 569 g/mol. The second-order valence-corrected chi connectivity index (χ2v) is 9.42. The van der Waals surface area contributed by atoms with Gasteiger partial charge in [-0.1, -0.05) is 53.0 Å². The average molecular weight is 591 g/mol. The highest BCUT2D eigenvalue weighted by Crippen LogP contribution is 2.38. The SMILES string of the molecule is COc1ccccc1NC(=O)CN1C(=O)N/C(=C/c2cc(Cl)c(OCc3ccc(Cl)c(Cl)c3)c(OC)c2)C1=O. The Hall–Kier alpha value is -3.92. The van der Waals surface area contributed by atoms with Crippen LogP contribution in [0.3, 0.4) is 0 Å². The molecule has 3 aromatic carbocycles. The van der Waals surface area contributed by atoms with Crippen molar-refractivity contribution < 1.29 is 28.6 Å². The first kappa shape index (κ1) is 28.1. The van der Waals surface area contributed by atoms with Crippen LogP contribution >= 0.6 is 34.8 Å². The highest BCUT2D eigenvalue weighted by atomic mass is 35.5. The zero-order chi connectivity index (χ0) is 28.1. The van der Waals surface area contributed by atoms with E-state index in [0.29, 0.717) is 32.8 Å². The Morgan fingerprint density at radius 1 is 0.949 bits per heavy atom. The van der Waals surface area contributed by atoms with Crippen LogP contribution in [0.25, 0.3) is 6.08 Å². The molecule has 0 bridgehead atoms. The number of ether oxygens (including phenoxy) is 3. The number of hydrogen-bond donors (Lipinski definition) is 2. The van der Waals surface area contributed by atoms with Crippen molar-refractivity contribution in [3.05, 3.63) is 86.5 Å². The summed E-state index contributed by atoms with van der Waals surface area (Å²) in [7, 11) is 2.91. The molecule has 3 aromatic rings. The second-order valence-electron chi connectivity index (χ2n) is 8.20. The molecule has 1 aliphatic rings. The van der Waals surface area contributed by atoms with Crippen LogP contribution in [0.15, 0.2) is 60.3 Å². The molecule has 0 saturated carbocycles. The minimum absolute atomic E-state index is 0.0346. The molecule has 0 unspecified atom stereocenters. The molecule has 4 rings (SSSR count). The standard InChI is InChI=1S/C27H22Cl3N3O6/c1-37-22-6-4-3-5-20(22)31-24(34)13-33-26(35)21(32-27(33)36)11-16-10-19(30)25(23(12-16)38-2)39-14-15-7-8-17(28)18(29)9-15/h3-12H,13-14H2,1-2H3,(H,31,34)(H,32,36)/b21-11+. The van der Waals surface area contributed by atoms with Crippen molar-refractivity contribution in [1.82, 2.24) is 10.2 Å². The fraction of sp³-hybridized carbons (Fsp3) is 0.148. The number of methoxy groups -OCH3 is 2. The highest BCUT2D eigenvalue weighted by Gasteiger charge is 2.35. The third kappa shape index (κ3) is 6.57. The van der Waals surface area contributed by atoms with Gasteiger partial charge in [0.1, 0.15) is 24.6 Å². The van der Waals surface area contributed by atoms with Crippen molar-refractivity contribution in [3.8, 4) is 17.2 Å². The van der Waals surface area contributed by atoms with Gasteiger partial charge < -0.3 is 24.8 Å². The van der Waals surface area contributed by atoms with Crippen LogP contribution in [-0.4, -0.2) is 43.5 Å². The third-order valence-corrected chi connectivity index (χ3v) is 6.59. The Balaban J connectivity index is 1.47. The molecular formula is C27H22Cl3N3O6. The van der Waals surface area contributed by atoms with Crippen LogP contribution < -0.4 is 24.8 Å². The van der Waals surface area contributed by atoms with E-state index < -0.39 is 24.4 Å². The van der Waals surface area contributed by atoms with Gasteiger partial charge in [-0.3, -0.25) is 9.59 Å².